The Bertz CT molecular complexity index is 665. The number of hydrogen-bond acceptors (Lipinski definition) is 3. The highest BCUT2D eigenvalue weighted by Gasteiger charge is 2.06. The van der Waals surface area contributed by atoms with E-state index < -0.39 is 0 Å². The fraction of sp³-hybridized carbons (Fsp3) is 0.235. The van der Waals surface area contributed by atoms with Gasteiger partial charge in [0, 0.05) is 6.92 Å². The lowest BCUT2D eigenvalue weighted by Gasteiger charge is -2.09. The number of methoxy groups -OCH3 is 1. The Kier molecular flexibility index (Phi) is 4.86. The fourth-order valence-electron chi connectivity index (χ4n) is 2.15. The molecule has 0 amide bonds. The van der Waals surface area contributed by atoms with Gasteiger partial charge in [0.2, 0.25) is 0 Å². The first-order valence-electron chi connectivity index (χ1n) is 6.60. The van der Waals surface area contributed by atoms with E-state index in [1.807, 2.05) is 43.3 Å². The minimum atomic E-state index is -0.312. The number of esters is 1. The van der Waals surface area contributed by atoms with E-state index in [0.717, 1.165) is 23.1 Å². The van der Waals surface area contributed by atoms with Crippen LogP contribution in [0.5, 0.6) is 11.5 Å². The SMILES string of the molecule is COc1ccc(Cc2ccc(OC(C)=O)c(C)c2)cc1Cl. The second kappa shape index (κ2) is 6.64. The van der Waals surface area contributed by atoms with Crippen molar-refractivity contribution in [3.05, 3.63) is 58.1 Å². The van der Waals surface area contributed by atoms with E-state index in [-0.39, 0.29) is 5.97 Å². The summed E-state index contributed by atoms with van der Waals surface area (Å²) in [6.07, 6.45) is 0.755. The molecule has 2 aromatic rings. The summed E-state index contributed by atoms with van der Waals surface area (Å²) >= 11 is 6.13. The summed E-state index contributed by atoms with van der Waals surface area (Å²) in [4.78, 5) is 11.0. The summed E-state index contributed by atoms with van der Waals surface area (Å²) in [7, 11) is 1.60. The van der Waals surface area contributed by atoms with Crippen LogP contribution in [0.4, 0.5) is 0 Å². The molecule has 0 atom stereocenters. The highest BCUT2D eigenvalue weighted by Crippen LogP contribution is 2.27. The number of carbonyl (C=O) groups is 1. The molecule has 0 bridgehead atoms. The summed E-state index contributed by atoms with van der Waals surface area (Å²) in [6, 6.07) is 11.5. The van der Waals surface area contributed by atoms with E-state index in [0.29, 0.717) is 16.5 Å². The average Bonchev–Trinajstić information content (AvgIpc) is 2.42. The molecule has 0 fully saturated rings. The zero-order chi connectivity index (χ0) is 15.4. The van der Waals surface area contributed by atoms with Crippen molar-refractivity contribution in [3.8, 4) is 11.5 Å². The van der Waals surface area contributed by atoms with Gasteiger partial charge in [-0.2, -0.15) is 0 Å². The molecule has 4 heteroatoms. The molecule has 0 aliphatic carbocycles. The van der Waals surface area contributed by atoms with E-state index in [1.165, 1.54) is 6.92 Å². The Morgan fingerprint density at radius 3 is 2.24 bits per heavy atom. The van der Waals surface area contributed by atoms with Crippen molar-refractivity contribution in [1.29, 1.82) is 0 Å². The van der Waals surface area contributed by atoms with Crippen LogP contribution in [-0.4, -0.2) is 13.1 Å². The molecule has 21 heavy (non-hydrogen) atoms. The number of carbonyl (C=O) groups excluding carboxylic acids is 1. The fourth-order valence-corrected chi connectivity index (χ4v) is 2.43. The zero-order valence-corrected chi connectivity index (χ0v) is 13.0. The maximum Gasteiger partial charge on any atom is 0.308 e. The van der Waals surface area contributed by atoms with Crippen molar-refractivity contribution >= 4 is 17.6 Å². The molecule has 0 aliphatic rings. The predicted octanol–water partition coefficient (Wildman–Crippen LogP) is 4.17. The number of benzene rings is 2. The Balaban J connectivity index is 2.18. The molecule has 0 N–H and O–H groups in total. The summed E-state index contributed by atoms with van der Waals surface area (Å²) in [5, 5.41) is 0.600. The van der Waals surface area contributed by atoms with Gasteiger partial charge in [-0.3, -0.25) is 4.79 Å². The molecule has 3 nitrogen and oxygen atoms in total. The molecular formula is C17H17ClO3. The molecule has 0 radical (unpaired) electrons. The van der Waals surface area contributed by atoms with Crippen LogP contribution < -0.4 is 9.47 Å². The highest BCUT2D eigenvalue weighted by molar-refractivity contribution is 6.32. The first kappa shape index (κ1) is 15.4. The smallest absolute Gasteiger partial charge is 0.308 e. The van der Waals surface area contributed by atoms with E-state index in [2.05, 4.69) is 0 Å². The number of hydrogen-bond donors (Lipinski definition) is 0. The Hall–Kier alpha value is -2.00. The quantitative estimate of drug-likeness (QED) is 0.628. The molecule has 0 saturated carbocycles. The lowest BCUT2D eigenvalue weighted by atomic mass is 10.0. The van der Waals surface area contributed by atoms with Crippen molar-refractivity contribution in [2.24, 2.45) is 0 Å². The van der Waals surface area contributed by atoms with Gasteiger partial charge in [0.05, 0.1) is 12.1 Å². The van der Waals surface area contributed by atoms with Crippen LogP contribution in [0.2, 0.25) is 5.02 Å². The lowest BCUT2D eigenvalue weighted by Crippen LogP contribution is -2.03. The van der Waals surface area contributed by atoms with Crippen LogP contribution in [0.3, 0.4) is 0 Å². The van der Waals surface area contributed by atoms with E-state index >= 15 is 0 Å². The summed E-state index contributed by atoms with van der Waals surface area (Å²) < 4.78 is 10.3. The first-order valence-corrected chi connectivity index (χ1v) is 6.97. The normalized spacial score (nSPS) is 10.3. The first-order chi connectivity index (χ1) is 9.99. The summed E-state index contributed by atoms with van der Waals surface area (Å²) in [5.41, 5.74) is 3.16. The van der Waals surface area contributed by atoms with Crippen LogP contribution in [0.15, 0.2) is 36.4 Å². The lowest BCUT2D eigenvalue weighted by molar-refractivity contribution is -0.131. The molecule has 0 unspecified atom stereocenters. The van der Waals surface area contributed by atoms with Gasteiger partial charge in [0.1, 0.15) is 11.5 Å². The van der Waals surface area contributed by atoms with Gasteiger partial charge < -0.3 is 9.47 Å². The summed E-state index contributed by atoms with van der Waals surface area (Å²) in [6.45, 7) is 3.31. The van der Waals surface area contributed by atoms with Crippen molar-refractivity contribution in [2.45, 2.75) is 20.3 Å². The van der Waals surface area contributed by atoms with Gasteiger partial charge in [-0.05, 0) is 48.2 Å². The van der Waals surface area contributed by atoms with E-state index in [9.17, 15) is 4.79 Å². The zero-order valence-electron chi connectivity index (χ0n) is 12.3. The van der Waals surface area contributed by atoms with E-state index in [1.54, 1.807) is 7.11 Å². The average molecular weight is 305 g/mol. The van der Waals surface area contributed by atoms with Crippen LogP contribution in [-0.2, 0) is 11.2 Å². The van der Waals surface area contributed by atoms with Crippen molar-refractivity contribution in [3.63, 3.8) is 0 Å². The maximum absolute atomic E-state index is 11.0. The van der Waals surface area contributed by atoms with Gasteiger partial charge in [-0.15, -0.1) is 0 Å². The van der Waals surface area contributed by atoms with Gasteiger partial charge in [0.25, 0.3) is 0 Å². The second-order valence-electron chi connectivity index (χ2n) is 4.84. The number of halogens is 1. The Labute approximate surface area is 129 Å². The molecule has 0 saturated heterocycles. The molecule has 0 aliphatic heterocycles. The van der Waals surface area contributed by atoms with E-state index in [4.69, 9.17) is 21.1 Å². The predicted molar refractivity (Wildman–Crippen MR) is 83.3 cm³/mol. The Morgan fingerprint density at radius 2 is 1.71 bits per heavy atom. The van der Waals surface area contributed by atoms with Crippen molar-refractivity contribution < 1.29 is 14.3 Å². The molecule has 0 heterocycles. The third-order valence-corrected chi connectivity index (χ3v) is 3.41. The molecular weight excluding hydrogens is 288 g/mol. The molecule has 0 spiro atoms. The van der Waals surface area contributed by atoms with Crippen molar-refractivity contribution in [1.82, 2.24) is 0 Å². The Morgan fingerprint density at radius 1 is 1.10 bits per heavy atom. The minimum absolute atomic E-state index is 0.312. The van der Waals surface area contributed by atoms with Gasteiger partial charge >= 0.3 is 5.97 Å². The van der Waals surface area contributed by atoms with Crippen LogP contribution in [0.1, 0.15) is 23.6 Å². The monoisotopic (exact) mass is 304 g/mol. The number of ether oxygens (including phenoxy) is 2. The molecule has 2 rings (SSSR count). The molecule has 110 valence electrons. The van der Waals surface area contributed by atoms with Gasteiger partial charge in [-0.1, -0.05) is 29.8 Å². The molecule has 2 aromatic carbocycles. The third-order valence-electron chi connectivity index (χ3n) is 3.12. The molecule has 0 aromatic heterocycles. The van der Waals surface area contributed by atoms with Crippen LogP contribution in [0, 0.1) is 6.92 Å². The van der Waals surface area contributed by atoms with Crippen LogP contribution in [0.25, 0.3) is 0 Å². The maximum atomic E-state index is 11.0. The van der Waals surface area contributed by atoms with Crippen molar-refractivity contribution in [2.75, 3.05) is 7.11 Å². The largest absolute Gasteiger partial charge is 0.495 e. The van der Waals surface area contributed by atoms with Gasteiger partial charge in [-0.25, -0.2) is 0 Å². The standard InChI is InChI=1S/C17H17ClO3/c1-11-8-13(4-6-16(11)21-12(2)19)9-14-5-7-17(20-3)15(18)10-14/h4-8,10H,9H2,1-3H3. The second-order valence-corrected chi connectivity index (χ2v) is 5.25. The highest BCUT2D eigenvalue weighted by atomic mass is 35.5. The topological polar surface area (TPSA) is 35.5 Å². The number of aryl methyl sites for hydroxylation is 1. The van der Waals surface area contributed by atoms with Gasteiger partial charge in [0.15, 0.2) is 0 Å². The van der Waals surface area contributed by atoms with Crippen LogP contribution >= 0.6 is 11.6 Å². The third kappa shape index (κ3) is 3.99. The minimum Gasteiger partial charge on any atom is -0.495 e. The number of rotatable bonds is 4. The summed E-state index contributed by atoms with van der Waals surface area (Å²) in [5.74, 6) is 0.952.